The predicted molar refractivity (Wildman–Crippen MR) is 107 cm³/mol. The van der Waals surface area contributed by atoms with Crippen LogP contribution in [0, 0.1) is 0 Å². The summed E-state index contributed by atoms with van der Waals surface area (Å²) in [5.41, 5.74) is 1.75. The molecule has 4 rings (SSSR count). The maximum Gasteiger partial charge on any atom is 0.253 e. The normalized spacial score (nSPS) is 19.6. The van der Waals surface area contributed by atoms with E-state index in [0.29, 0.717) is 25.3 Å². The molecule has 6 nitrogen and oxygen atoms in total. The molecule has 2 saturated heterocycles. The number of hydrogen-bond donors (Lipinski definition) is 1. The van der Waals surface area contributed by atoms with Gasteiger partial charge in [-0.05, 0) is 61.4 Å². The van der Waals surface area contributed by atoms with Gasteiger partial charge in [0.25, 0.3) is 5.91 Å². The van der Waals surface area contributed by atoms with E-state index in [4.69, 9.17) is 9.47 Å². The summed E-state index contributed by atoms with van der Waals surface area (Å²) in [6, 6.07) is 14.6. The number of aromatic hydroxyl groups is 1. The van der Waals surface area contributed by atoms with Crippen molar-refractivity contribution in [1.82, 2.24) is 4.90 Å². The highest BCUT2D eigenvalue weighted by Gasteiger charge is 2.22. The third kappa shape index (κ3) is 4.39. The van der Waals surface area contributed by atoms with Crippen LogP contribution in [0.5, 0.6) is 11.5 Å². The van der Waals surface area contributed by atoms with Crippen LogP contribution in [0.15, 0.2) is 48.5 Å². The Bertz CT molecular complexity index is 777. The first-order valence-corrected chi connectivity index (χ1v) is 9.87. The Balaban J connectivity index is 1.29. The summed E-state index contributed by atoms with van der Waals surface area (Å²) < 4.78 is 11.3. The fourth-order valence-electron chi connectivity index (χ4n) is 3.67. The first-order chi connectivity index (χ1) is 13.7. The van der Waals surface area contributed by atoms with Gasteiger partial charge in [-0.15, -0.1) is 0 Å². The largest absolute Gasteiger partial charge is 0.508 e. The molecular weight excluding hydrogens is 356 g/mol. The van der Waals surface area contributed by atoms with Crippen molar-refractivity contribution in [2.24, 2.45) is 0 Å². The van der Waals surface area contributed by atoms with Crippen LogP contribution in [0.2, 0.25) is 0 Å². The van der Waals surface area contributed by atoms with Gasteiger partial charge in [-0.3, -0.25) is 4.79 Å². The topological polar surface area (TPSA) is 62.2 Å². The molecule has 0 spiro atoms. The number of phenolic OH excluding ortho intramolecular Hbond substituents is 1. The Morgan fingerprint density at radius 3 is 2.39 bits per heavy atom. The number of carbonyl (C=O) groups excluding carboxylic acids is 1. The van der Waals surface area contributed by atoms with Gasteiger partial charge >= 0.3 is 0 Å². The third-order valence-corrected chi connectivity index (χ3v) is 5.34. The smallest absolute Gasteiger partial charge is 0.253 e. The second-order valence-corrected chi connectivity index (χ2v) is 7.27. The van der Waals surface area contributed by atoms with E-state index < -0.39 is 0 Å². The number of carbonyl (C=O) groups is 1. The van der Waals surface area contributed by atoms with Crippen LogP contribution >= 0.6 is 0 Å². The van der Waals surface area contributed by atoms with Crippen molar-refractivity contribution in [3.63, 3.8) is 0 Å². The van der Waals surface area contributed by atoms with Gasteiger partial charge in [-0.25, -0.2) is 0 Å². The average molecular weight is 382 g/mol. The molecule has 1 N–H and O–H groups in total. The lowest BCUT2D eigenvalue weighted by Crippen LogP contribution is -2.48. The summed E-state index contributed by atoms with van der Waals surface area (Å²) in [5, 5.41) is 9.42. The van der Waals surface area contributed by atoms with Gasteiger partial charge in [0.1, 0.15) is 18.1 Å². The van der Waals surface area contributed by atoms with E-state index >= 15 is 0 Å². The molecule has 0 aromatic heterocycles. The number of hydrogen-bond acceptors (Lipinski definition) is 5. The van der Waals surface area contributed by atoms with Gasteiger partial charge in [0.15, 0.2) is 0 Å². The number of ether oxygens (including phenoxy) is 2. The summed E-state index contributed by atoms with van der Waals surface area (Å²) in [4.78, 5) is 16.9. The number of amides is 1. The summed E-state index contributed by atoms with van der Waals surface area (Å²) in [6.45, 7) is 4.29. The number of rotatable bonds is 5. The third-order valence-electron chi connectivity index (χ3n) is 5.34. The molecule has 2 fully saturated rings. The van der Waals surface area contributed by atoms with Crippen molar-refractivity contribution >= 4 is 11.6 Å². The summed E-state index contributed by atoms with van der Waals surface area (Å²) in [6.07, 6.45) is 2.33. The molecule has 2 aliphatic heterocycles. The van der Waals surface area contributed by atoms with E-state index in [0.717, 1.165) is 44.0 Å². The monoisotopic (exact) mass is 382 g/mol. The van der Waals surface area contributed by atoms with E-state index in [2.05, 4.69) is 4.90 Å². The minimum absolute atomic E-state index is 0.0519. The zero-order valence-electron chi connectivity index (χ0n) is 15.9. The molecule has 2 aliphatic rings. The van der Waals surface area contributed by atoms with Crippen LogP contribution < -0.4 is 9.64 Å². The van der Waals surface area contributed by atoms with Gasteiger partial charge in [0.2, 0.25) is 0 Å². The summed E-state index contributed by atoms with van der Waals surface area (Å²) in [5.74, 6) is 1.08. The zero-order valence-corrected chi connectivity index (χ0v) is 15.9. The van der Waals surface area contributed by atoms with Gasteiger partial charge in [-0.2, -0.15) is 0 Å². The highest BCUT2D eigenvalue weighted by Crippen LogP contribution is 2.21. The second-order valence-electron chi connectivity index (χ2n) is 7.27. The SMILES string of the molecule is O=C(c1ccc(OCC2CCCO2)cc1)N1CCN(c2ccc(O)cc2)CC1. The van der Waals surface area contributed by atoms with Crippen molar-refractivity contribution < 1.29 is 19.4 Å². The van der Waals surface area contributed by atoms with Crippen LogP contribution in [-0.4, -0.2) is 61.4 Å². The molecule has 2 aromatic rings. The highest BCUT2D eigenvalue weighted by molar-refractivity contribution is 5.94. The fourth-order valence-corrected chi connectivity index (χ4v) is 3.67. The van der Waals surface area contributed by atoms with E-state index in [9.17, 15) is 9.90 Å². The van der Waals surface area contributed by atoms with Crippen molar-refractivity contribution in [2.45, 2.75) is 18.9 Å². The molecule has 6 heteroatoms. The molecule has 1 atom stereocenters. The van der Waals surface area contributed by atoms with Gasteiger partial charge in [-0.1, -0.05) is 0 Å². The molecule has 0 radical (unpaired) electrons. The Labute approximate surface area is 165 Å². The maximum atomic E-state index is 12.8. The summed E-state index contributed by atoms with van der Waals surface area (Å²) >= 11 is 0. The fraction of sp³-hybridized carbons (Fsp3) is 0.409. The van der Waals surface area contributed by atoms with Crippen molar-refractivity contribution in [3.8, 4) is 11.5 Å². The molecule has 1 unspecified atom stereocenters. The quantitative estimate of drug-likeness (QED) is 0.862. The number of nitrogens with zero attached hydrogens (tertiary/aromatic N) is 2. The molecule has 2 heterocycles. The first kappa shape index (κ1) is 18.6. The number of piperazine rings is 1. The molecule has 1 amide bonds. The van der Waals surface area contributed by atoms with Crippen LogP contribution in [0.4, 0.5) is 5.69 Å². The van der Waals surface area contributed by atoms with E-state index in [1.165, 1.54) is 0 Å². The predicted octanol–water partition coefficient (Wildman–Crippen LogP) is 2.91. The maximum absolute atomic E-state index is 12.8. The molecule has 0 aliphatic carbocycles. The van der Waals surface area contributed by atoms with Crippen LogP contribution in [0.1, 0.15) is 23.2 Å². The van der Waals surface area contributed by atoms with Crippen molar-refractivity contribution in [1.29, 1.82) is 0 Å². The second kappa shape index (κ2) is 8.52. The number of phenols is 1. The molecule has 0 saturated carbocycles. The van der Waals surface area contributed by atoms with Crippen molar-refractivity contribution in [2.75, 3.05) is 44.3 Å². The molecule has 148 valence electrons. The average Bonchev–Trinajstić information content (AvgIpc) is 3.27. The molecule has 2 aromatic carbocycles. The van der Waals surface area contributed by atoms with E-state index in [1.807, 2.05) is 41.3 Å². The Kier molecular flexibility index (Phi) is 5.67. The van der Waals surface area contributed by atoms with Crippen LogP contribution in [0.3, 0.4) is 0 Å². The first-order valence-electron chi connectivity index (χ1n) is 9.87. The highest BCUT2D eigenvalue weighted by atomic mass is 16.5. The standard InChI is InChI=1S/C22H26N2O4/c25-19-7-5-18(6-8-19)23-11-13-24(14-12-23)22(26)17-3-9-20(10-4-17)28-16-21-2-1-15-27-21/h3-10,21,25H,1-2,11-16H2. The van der Waals surface area contributed by atoms with E-state index in [1.54, 1.807) is 12.1 Å². The lowest BCUT2D eigenvalue weighted by molar-refractivity contribution is 0.0678. The Morgan fingerprint density at radius 2 is 1.75 bits per heavy atom. The summed E-state index contributed by atoms with van der Waals surface area (Å²) in [7, 11) is 0. The number of benzene rings is 2. The Morgan fingerprint density at radius 1 is 1.04 bits per heavy atom. The van der Waals surface area contributed by atoms with Crippen molar-refractivity contribution in [3.05, 3.63) is 54.1 Å². The van der Waals surface area contributed by atoms with Gasteiger partial charge in [0.05, 0.1) is 6.10 Å². The molecule has 0 bridgehead atoms. The number of anilines is 1. The van der Waals surface area contributed by atoms with Gasteiger partial charge < -0.3 is 24.4 Å². The minimum atomic E-state index is 0.0519. The minimum Gasteiger partial charge on any atom is -0.508 e. The van der Waals surface area contributed by atoms with Gasteiger partial charge in [0, 0.05) is 44.0 Å². The zero-order chi connectivity index (χ0) is 19.3. The lowest BCUT2D eigenvalue weighted by Gasteiger charge is -2.36. The van der Waals surface area contributed by atoms with Crippen LogP contribution in [-0.2, 0) is 4.74 Å². The Hall–Kier alpha value is -2.73. The molecular formula is C22H26N2O4. The van der Waals surface area contributed by atoms with Crippen LogP contribution in [0.25, 0.3) is 0 Å². The molecule has 28 heavy (non-hydrogen) atoms. The van der Waals surface area contributed by atoms with E-state index in [-0.39, 0.29) is 17.8 Å². The lowest BCUT2D eigenvalue weighted by atomic mass is 10.1.